The number of para-hydroxylation sites is 1. The van der Waals surface area contributed by atoms with Crippen LogP contribution in [-0.2, 0) is 0 Å². The summed E-state index contributed by atoms with van der Waals surface area (Å²) in [6.45, 7) is 0. The van der Waals surface area contributed by atoms with Crippen LogP contribution >= 0.6 is 0 Å². The van der Waals surface area contributed by atoms with Gasteiger partial charge < -0.3 is 4.98 Å². The molecule has 0 aliphatic carbocycles. The van der Waals surface area contributed by atoms with Crippen LogP contribution in [0.2, 0.25) is 0 Å². The third kappa shape index (κ3) is 1.31. The molecule has 4 nitrogen and oxygen atoms in total. The molecule has 0 unspecified atom stereocenters. The molecule has 0 aliphatic heterocycles. The van der Waals surface area contributed by atoms with Crippen molar-refractivity contribution in [1.29, 1.82) is 5.26 Å². The summed E-state index contributed by atoms with van der Waals surface area (Å²) in [5.74, 6) is -0.413. The van der Waals surface area contributed by atoms with Gasteiger partial charge in [0.2, 0.25) is 0 Å². The lowest BCUT2D eigenvalue weighted by Gasteiger charge is -1.90. The van der Waals surface area contributed by atoms with Crippen LogP contribution < -0.4 is 5.32 Å². The normalized spacial score (nSPS) is 9.64. The largest absolute Gasteiger partial charge is 0.350 e. The van der Waals surface area contributed by atoms with Gasteiger partial charge in [-0.25, -0.2) is 0 Å². The van der Waals surface area contributed by atoms with Crippen molar-refractivity contribution in [2.24, 2.45) is 0 Å². The summed E-state index contributed by atoms with van der Waals surface area (Å²) in [7, 11) is 0. The maximum atomic E-state index is 11.2. The number of benzene rings is 1. The fraction of sp³-hybridized carbons (Fsp3) is 0. The van der Waals surface area contributed by atoms with E-state index in [9.17, 15) is 4.79 Å². The molecule has 0 spiro atoms. The quantitative estimate of drug-likeness (QED) is 0.520. The Morgan fingerprint density at radius 3 is 2.93 bits per heavy atom. The molecule has 1 aromatic heterocycles. The summed E-state index contributed by atoms with van der Waals surface area (Å²) in [5, 5.41) is 11.3. The van der Waals surface area contributed by atoms with Gasteiger partial charge in [-0.2, -0.15) is 5.26 Å². The highest BCUT2D eigenvalue weighted by atomic mass is 16.1. The molecule has 2 N–H and O–H groups in total. The third-order valence-electron chi connectivity index (χ3n) is 1.94. The zero-order valence-corrected chi connectivity index (χ0v) is 7.24. The molecule has 1 aromatic carbocycles. The van der Waals surface area contributed by atoms with Crippen LogP contribution in [0.15, 0.2) is 30.3 Å². The van der Waals surface area contributed by atoms with E-state index < -0.39 is 5.91 Å². The maximum Gasteiger partial charge on any atom is 0.280 e. The Hall–Kier alpha value is -2.28. The molecule has 0 radical (unpaired) electrons. The predicted molar refractivity (Wildman–Crippen MR) is 51.4 cm³/mol. The van der Waals surface area contributed by atoms with Gasteiger partial charge in [0.05, 0.1) is 0 Å². The predicted octanol–water partition coefficient (Wildman–Crippen LogP) is 1.38. The number of nitrogens with zero attached hydrogens (tertiary/aromatic N) is 1. The van der Waals surface area contributed by atoms with E-state index in [4.69, 9.17) is 5.26 Å². The second-order valence-electron chi connectivity index (χ2n) is 2.84. The van der Waals surface area contributed by atoms with Gasteiger partial charge in [0.25, 0.3) is 5.91 Å². The number of rotatable bonds is 1. The smallest absolute Gasteiger partial charge is 0.280 e. The van der Waals surface area contributed by atoms with E-state index in [1.165, 1.54) is 0 Å². The number of carbonyl (C=O) groups is 1. The Morgan fingerprint density at radius 2 is 2.21 bits per heavy atom. The highest BCUT2D eigenvalue weighted by Gasteiger charge is 2.07. The Morgan fingerprint density at radius 1 is 1.43 bits per heavy atom. The first kappa shape index (κ1) is 8.32. The molecule has 1 heterocycles. The summed E-state index contributed by atoms with van der Waals surface area (Å²) in [4.78, 5) is 14.2. The van der Waals surface area contributed by atoms with Crippen LogP contribution in [0.1, 0.15) is 10.5 Å². The maximum absolute atomic E-state index is 11.2. The molecule has 1 amide bonds. The minimum Gasteiger partial charge on any atom is -0.350 e. The van der Waals surface area contributed by atoms with Crippen molar-refractivity contribution < 1.29 is 4.79 Å². The van der Waals surface area contributed by atoms with E-state index in [0.29, 0.717) is 5.69 Å². The Labute approximate surface area is 80.2 Å². The molecule has 14 heavy (non-hydrogen) atoms. The highest BCUT2D eigenvalue weighted by molar-refractivity contribution is 5.98. The molecule has 0 saturated carbocycles. The molecular formula is C10H7N3O. The van der Waals surface area contributed by atoms with Crippen LogP contribution in [-0.4, -0.2) is 10.9 Å². The van der Waals surface area contributed by atoms with Crippen LogP contribution in [0.4, 0.5) is 0 Å². The number of nitrogens with one attached hydrogen (secondary N) is 2. The monoisotopic (exact) mass is 185 g/mol. The summed E-state index contributed by atoms with van der Waals surface area (Å²) in [6, 6.07) is 9.25. The molecule has 0 atom stereocenters. The number of aromatic nitrogens is 1. The topological polar surface area (TPSA) is 68.7 Å². The average molecular weight is 185 g/mol. The van der Waals surface area contributed by atoms with E-state index in [1.807, 2.05) is 24.3 Å². The number of aromatic amines is 1. The second kappa shape index (κ2) is 3.23. The third-order valence-corrected chi connectivity index (χ3v) is 1.94. The Kier molecular flexibility index (Phi) is 1.92. The first-order valence-corrected chi connectivity index (χ1v) is 4.08. The van der Waals surface area contributed by atoms with E-state index in [0.717, 1.165) is 10.9 Å². The molecule has 0 saturated heterocycles. The van der Waals surface area contributed by atoms with Gasteiger partial charge in [0, 0.05) is 10.9 Å². The van der Waals surface area contributed by atoms with Crippen molar-refractivity contribution in [3.63, 3.8) is 0 Å². The number of carbonyl (C=O) groups excluding carboxylic acids is 1. The van der Waals surface area contributed by atoms with Gasteiger partial charge in [-0.15, -0.1) is 0 Å². The van der Waals surface area contributed by atoms with Gasteiger partial charge in [0.1, 0.15) is 5.69 Å². The SMILES string of the molecule is N#CNC(=O)c1cc2ccccc2[nH]1. The lowest BCUT2D eigenvalue weighted by Crippen LogP contribution is -2.17. The van der Waals surface area contributed by atoms with E-state index in [-0.39, 0.29) is 0 Å². The molecule has 0 aliphatic rings. The van der Waals surface area contributed by atoms with Gasteiger partial charge >= 0.3 is 0 Å². The van der Waals surface area contributed by atoms with Crippen molar-refractivity contribution in [3.05, 3.63) is 36.0 Å². The number of nitriles is 1. The zero-order valence-electron chi connectivity index (χ0n) is 7.24. The minimum atomic E-state index is -0.413. The fourth-order valence-corrected chi connectivity index (χ4v) is 1.31. The summed E-state index contributed by atoms with van der Waals surface area (Å²) in [5.41, 5.74) is 1.28. The molecule has 0 bridgehead atoms. The molecule has 68 valence electrons. The zero-order chi connectivity index (χ0) is 9.97. The molecule has 2 rings (SSSR count). The summed E-state index contributed by atoms with van der Waals surface area (Å²) < 4.78 is 0. The van der Waals surface area contributed by atoms with Crippen molar-refractivity contribution >= 4 is 16.8 Å². The first-order chi connectivity index (χ1) is 6.81. The van der Waals surface area contributed by atoms with E-state index in [1.54, 1.807) is 12.3 Å². The minimum absolute atomic E-state index is 0.396. The number of amides is 1. The van der Waals surface area contributed by atoms with Crippen LogP contribution in [0.5, 0.6) is 0 Å². The van der Waals surface area contributed by atoms with Gasteiger partial charge in [-0.1, -0.05) is 18.2 Å². The highest BCUT2D eigenvalue weighted by Crippen LogP contribution is 2.14. The van der Waals surface area contributed by atoms with Gasteiger partial charge in [0.15, 0.2) is 6.19 Å². The lowest BCUT2D eigenvalue weighted by atomic mass is 10.2. The average Bonchev–Trinajstić information content (AvgIpc) is 2.61. The molecule has 4 heteroatoms. The van der Waals surface area contributed by atoms with Crippen molar-refractivity contribution in [3.8, 4) is 6.19 Å². The number of hydrogen-bond donors (Lipinski definition) is 2. The second-order valence-corrected chi connectivity index (χ2v) is 2.84. The van der Waals surface area contributed by atoms with Gasteiger partial charge in [-0.3, -0.25) is 10.1 Å². The summed E-state index contributed by atoms with van der Waals surface area (Å²) in [6.07, 6.45) is 1.59. The van der Waals surface area contributed by atoms with Crippen molar-refractivity contribution in [2.75, 3.05) is 0 Å². The van der Waals surface area contributed by atoms with E-state index >= 15 is 0 Å². The Balaban J connectivity index is 2.46. The standard InChI is InChI=1S/C10H7N3O/c11-6-12-10(14)9-5-7-3-1-2-4-8(7)13-9/h1-5,13H,(H,12,14). The molecule has 2 aromatic rings. The van der Waals surface area contributed by atoms with E-state index in [2.05, 4.69) is 10.3 Å². The first-order valence-electron chi connectivity index (χ1n) is 4.08. The number of fused-ring (bicyclic) bond motifs is 1. The number of H-pyrrole nitrogens is 1. The fourth-order valence-electron chi connectivity index (χ4n) is 1.31. The molecule has 0 fully saturated rings. The Bertz CT molecular complexity index is 488. The molecular weight excluding hydrogens is 178 g/mol. The van der Waals surface area contributed by atoms with Crippen molar-refractivity contribution in [1.82, 2.24) is 10.3 Å². The lowest BCUT2D eigenvalue weighted by molar-refractivity contribution is 0.0969. The summed E-state index contributed by atoms with van der Waals surface area (Å²) >= 11 is 0. The van der Waals surface area contributed by atoms with Crippen molar-refractivity contribution in [2.45, 2.75) is 0 Å². The van der Waals surface area contributed by atoms with Crippen LogP contribution in [0.3, 0.4) is 0 Å². The van der Waals surface area contributed by atoms with Crippen LogP contribution in [0, 0.1) is 11.5 Å². The number of hydrogen-bond acceptors (Lipinski definition) is 2. The van der Waals surface area contributed by atoms with Crippen LogP contribution in [0.25, 0.3) is 10.9 Å². The van der Waals surface area contributed by atoms with Gasteiger partial charge in [-0.05, 0) is 12.1 Å².